The third-order valence-electron chi connectivity index (χ3n) is 9.89. The Morgan fingerprint density at radius 3 is 2.25 bits per heavy atom. The summed E-state index contributed by atoms with van der Waals surface area (Å²) in [6, 6.07) is 7.35. The molecule has 1 saturated carbocycles. The highest BCUT2D eigenvalue weighted by molar-refractivity contribution is 5.80. The minimum Gasteiger partial charge on any atom is -0.381 e. The van der Waals surface area contributed by atoms with E-state index in [1.165, 1.54) is 101 Å². The molecule has 198 valence electrons. The van der Waals surface area contributed by atoms with Crippen molar-refractivity contribution in [3.05, 3.63) is 29.8 Å². The van der Waals surface area contributed by atoms with Crippen molar-refractivity contribution in [1.29, 1.82) is 0 Å². The van der Waals surface area contributed by atoms with Crippen molar-refractivity contribution in [3.63, 3.8) is 0 Å². The van der Waals surface area contributed by atoms with Gasteiger partial charge in [0.15, 0.2) is 0 Å². The van der Waals surface area contributed by atoms with E-state index < -0.39 is 0 Å². The molecule has 1 spiro atoms. The number of rotatable bonds is 5. The molecule has 0 N–H and O–H groups in total. The first-order valence-electron chi connectivity index (χ1n) is 15.0. The molecule has 0 radical (unpaired) electrons. The highest BCUT2D eigenvalue weighted by Gasteiger charge is 2.34. The van der Waals surface area contributed by atoms with E-state index in [1.54, 1.807) is 5.57 Å². The summed E-state index contributed by atoms with van der Waals surface area (Å²) >= 11 is 0. The summed E-state index contributed by atoms with van der Waals surface area (Å²) in [4.78, 5) is 7.92. The number of anilines is 2. The molecule has 36 heavy (non-hydrogen) atoms. The lowest BCUT2D eigenvalue weighted by Crippen LogP contribution is -2.48. The maximum atomic E-state index is 5.64. The van der Waals surface area contributed by atoms with Gasteiger partial charge >= 0.3 is 0 Å². The molecule has 5 heteroatoms. The lowest BCUT2D eigenvalue weighted by Gasteiger charge is -2.41. The number of morpholine rings is 1. The molecule has 3 aliphatic heterocycles. The van der Waals surface area contributed by atoms with E-state index in [9.17, 15) is 0 Å². The van der Waals surface area contributed by atoms with E-state index in [-0.39, 0.29) is 0 Å². The van der Waals surface area contributed by atoms with Crippen molar-refractivity contribution >= 4 is 16.9 Å². The number of hydrogen-bond acceptors (Lipinski definition) is 5. The molecule has 3 heterocycles. The van der Waals surface area contributed by atoms with Crippen molar-refractivity contribution in [1.82, 2.24) is 4.90 Å². The van der Waals surface area contributed by atoms with Gasteiger partial charge in [0.05, 0.1) is 13.2 Å². The van der Waals surface area contributed by atoms with Crippen LogP contribution in [0.5, 0.6) is 0 Å². The Morgan fingerprint density at radius 1 is 0.778 bits per heavy atom. The zero-order valence-corrected chi connectivity index (χ0v) is 22.4. The molecule has 0 aromatic heterocycles. The second-order valence-corrected chi connectivity index (χ2v) is 12.1. The molecule has 1 aromatic carbocycles. The predicted octanol–water partition coefficient (Wildman–Crippen LogP) is 5.59. The zero-order chi connectivity index (χ0) is 24.2. The first-order valence-corrected chi connectivity index (χ1v) is 15.0. The molecule has 5 aliphatic rings. The van der Waals surface area contributed by atoms with Crippen molar-refractivity contribution in [2.75, 3.05) is 82.0 Å². The van der Waals surface area contributed by atoms with Crippen LogP contribution in [0.3, 0.4) is 0 Å². The third-order valence-corrected chi connectivity index (χ3v) is 9.89. The van der Waals surface area contributed by atoms with Gasteiger partial charge in [0.25, 0.3) is 0 Å². The molecule has 3 saturated heterocycles. The molecule has 5 nitrogen and oxygen atoms in total. The fourth-order valence-corrected chi connectivity index (χ4v) is 7.48. The molecular weight excluding hydrogens is 446 g/mol. The fourth-order valence-electron chi connectivity index (χ4n) is 7.48. The number of nitrogens with zero attached hydrogens (tertiary/aromatic N) is 3. The Kier molecular flexibility index (Phi) is 7.87. The van der Waals surface area contributed by atoms with Gasteiger partial charge in [-0.1, -0.05) is 25.3 Å². The Labute approximate surface area is 218 Å². The lowest BCUT2D eigenvalue weighted by molar-refractivity contribution is 0.0517. The van der Waals surface area contributed by atoms with Gasteiger partial charge in [0.1, 0.15) is 0 Å². The van der Waals surface area contributed by atoms with Crippen LogP contribution >= 0.6 is 0 Å². The van der Waals surface area contributed by atoms with Crippen LogP contribution in [0.4, 0.5) is 11.4 Å². The molecule has 2 aliphatic carbocycles. The molecule has 0 bridgehead atoms. The quantitative estimate of drug-likeness (QED) is 0.533. The van der Waals surface area contributed by atoms with E-state index in [1.807, 2.05) is 0 Å². The van der Waals surface area contributed by atoms with E-state index in [0.717, 1.165) is 58.5 Å². The van der Waals surface area contributed by atoms with Crippen LogP contribution in [0.15, 0.2) is 24.3 Å². The summed E-state index contributed by atoms with van der Waals surface area (Å²) in [7, 11) is 0. The van der Waals surface area contributed by atoms with Gasteiger partial charge in [-0.15, -0.1) is 0 Å². The second kappa shape index (κ2) is 11.4. The minimum absolute atomic E-state index is 0.611. The van der Waals surface area contributed by atoms with Crippen molar-refractivity contribution < 1.29 is 9.47 Å². The highest BCUT2D eigenvalue weighted by Crippen LogP contribution is 2.49. The number of hydrogen-bond donors (Lipinski definition) is 0. The van der Waals surface area contributed by atoms with E-state index in [2.05, 4.69) is 39.0 Å². The van der Waals surface area contributed by atoms with Crippen LogP contribution in [-0.4, -0.2) is 77.1 Å². The third kappa shape index (κ3) is 5.63. The normalized spacial score (nSPS) is 26.3. The van der Waals surface area contributed by atoms with Gasteiger partial charge in [-0.3, -0.25) is 4.90 Å². The largest absolute Gasteiger partial charge is 0.381 e. The van der Waals surface area contributed by atoms with Crippen LogP contribution < -0.4 is 9.80 Å². The van der Waals surface area contributed by atoms with Gasteiger partial charge in [0, 0.05) is 76.0 Å². The molecule has 1 aromatic rings. The molecule has 0 amide bonds. The topological polar surface area (TPSA) is 28.2 Å². The SMILES string of the molecule is C1=C(c2cc(N3CCOCC3)ccc2N2CCN(CC3CCOCC3)CC2)CCC2(C1)CCCCC2. The maximum Gasteiger partial charge on any atom is 0.0642 e. The van der Waals surface area contributed by atoms with Crippen molar-refractivity contribution in [2.45, 2.75) is 64.2 Å². The van der Waals surface area contributed by atoms with E-state index in [4.69, 9.17) is 9.47 Å². The minimum atomic E-state index is 0.611. The standard InChI is InChI=1S/C31H47N3O2/c1-2-10-31(11-3-1)12-6-27(7-13-31)29-24-28(33-18-22-36-23-19-33)4-5-30(29)34-16-14-32(15-17-34)25-26-8-20-35-21-9-26/h4-6,24,26H,1-3,7-23,25H2. The smallest absolute Gasteiger partial charge is 0.0642 e. The predicted molar refractivity (Wildman–Crippen MR) is 149 cm³/mol. The van der Waals surface area contributed by atoms with Crippen molar-refractivity contribution in [3.8, 4) is 0 Å². The second-order valence-electron chi connectivity index (χ2n) is 12.1. The summed E-state index contributed by atoms with van der Waals surface area (Å²) in [6.45, 7) is 11.5. The Morgan fingerprint density at radius 2 is 1.53 bits per heavy atom. The van der Waals surface area contributed by atoms with Gasteiger partial charge in [0.2, 0.25) is 0 Å². The van der Waals surface area contributed by atoms with Gasteiger partial charge in [-0.2, -0.15) is 0 Å². The average Bonchev–Trinajstić information content (AvgIpc) is 2.95. The summed E-state index contributed by atoms with van der Waals surface area (Å²) in [6.07, 6.45) is 16.3. The molecule has 6 rings (SSSR count). The van der Waals surface area contributed by atoms with Crippen LogP contribution in [-0.2, 0) is 9.47 Å². The Balaban J connectivity index is 1.19. The first-order chi connectivity index (χ1) is 17.8. The van der Waals surface area contributed by atoms with Crippen LogP contribution in [0.25, 0.3) is 5.57 Å². The number of allylic oxidation sites excluding steroid dienone is 2. The maximum absolute atomic E-state index is 5.64. The molecule has 0 atom stereocenters. The molecular formula is C31H47N3O2. The number of benzene rings is 1. The summed E-state index contributed by atoms with van der Waals surface area (Å²) in [5.74, 6) is 0.827. The van der Waals surface area contributed by atoms with Crippen molar-refractivity contribution in [2.24, 2.45) is 11.3 Å². The monoisotopic (exact) mass is 493 g/mol. The van der Waals surface area contributed by atoms with Crippen LogP contribution in [0, 0.1) is 11.3 Å². The average molecular weight is 494 g/mol. The highest BCUT2D eigenvalue weighted by atomic mass is 16.5. The van der Waals surface area contributed by atoms with Gasteiger partial charge in [-0.05, 0) is 80.1 Å². The lowest BCUT2D eigenvalue weighted by atomic mass is 9.65. The summed E-state index contributed by atoms with van der Waals surface area (Å²) < 4.78 is 11.2. The first kappa shape index (κ1) is 24.8. The van der Waals surface area contributed by atoms with Gasteiger partial charge in [-0.25, -0.2) is 0 Å². The molecule has 0 unspecified atom stereocenters. The number of ether oxygens (including phenoxy) is 2. The zero-order valence-electron chi connectivity index (χ0n) is 22.4. The number of piperazine rings is 1. The van der Waals surface area contributed by atoms with Crippen LogP contribution in [0.2, 0.25) is 0 Å². The van der Waals surface area contributed by atoms with E-state index >= 15 is 0 Å². The van der Waals surface area contributed by atoms with Gasteiger partial charge < -0.3 is 19.3 Å². The summed E-state index contributed by atoms with van der Waals surface area (Å²) in [5, 5.41) is 0. The molecule has 4 fully saturated rings. The fraction of sp³-hybridized carbons (Fsp3) is 0.742. The Bertz CT molecular complexity index is 889. The van der Waals surface area contributed by atoms with E-state index in [0.29, 0.717) is 5.41 Å². The summed E-state index contributed by atoms with van der Waals surface area (Å²) in [5.41, 5.74) is 6.60. The van der Waals surface area contributed by atoms with Crippen LogP contribution in [0.1, 0.15) is 69.8 Å². The Hall–Kier alpha value is -1.56.